The molecule has 0 aromatic heterocycles. The molecule has 0 fully saturated rings. The van der Waals surface area contributed by atoms with E-state index in [4.69, 9.17) is 4.43 Å². The molecule has 3 aromatic carbocycles. The molecule has 0 radical (unpaired) electrons. The lowest BCUT2D eigenvalue weighted by Gasteiger charge is -2.43. The Morgan fingerprint density at radius 3 is 2.00 bits per heavy atom. The molecule has 1 nitrogen and oxygen atoms in total. The maximum atomic E-state index is 7.26. The maximum absolute atomic E-state index is 7.26. The van der Waals surface area contributed by atoms with Crippen molar-refractivity contribution in [3.05, 3.63) is 102 Å². The second kappa shape index (κ2) is 10.2. The Morgan fingerprint density at radius 1 is 0.857 bits per heavy atom. The zero-order valence-corrected chi connectivity index (χ0v) is 23.5. The quantitative estimate of drug-likeness (QED) is 0.245. The van der Waals surface area contributed by atoms with Crippen molar-refractivity contribution in [2.24, 2.45) is 11.3 Å². The predicted octanol–water partition coefficient (Wildman–Crippen LogP) is 7.94. The molecular weight excluding hydrogens is 440 g/mol. The van der Waals surface area contributed by atoms with E-state index < -0.39 is 8.32 Å². The van der Waals surface area contributed by atoms with Crippen molar-refractivity contribution in [3.63, 3.8) is 0 Å². The van der Waals surface area contributed by atoms with Crippen LogP contribution in [-0.4, -0.2) is 8.32 Å². The molecule has 1 aliphatic carbocycles. The third kappa shape index (κ3) is 5.33. The fraction of sp³-hybridized carbons (Fsp3) is 0.394. The van der Waals surface area contributed by atoms with Crippen LogP contribution in [0.3, 0.4) is 0 Å². The molecule has 3 aromatic rings. The van der Waals surface area contributed by atoms with Gasteiger partial charge >= 0.3 is 8.32 Å². The highest BCUT2D eigenvalue weighted by molar-refractivity contribution is 7.00. The monoisotopic (exact) mass is 482 g/mol. The Bertz CT molecular complexity index is 1100. The standard InChI is InChI=1S/C33H42OSi/c1-26-15-14-24-33(5,6)31(26)23-22-27-16-13-17-28(25-27)34-35(32(2,3)4,29-18-9-7-10-19-29)30-20-11-8-12-21-30/h7-13,15-21,25,31H,14,22-24H2,1-6H3/t31-/m1/s1. The van der Waals surface area contributed by atoms with Crippen LogP contribution in [0.15, 0.2) is 96.6 Å². The average molecular weight is 483 g/mol. The zero-order chi connectivity index (χ0) is 25.1. The first-order valence-electron chi connectivity index (χ1n) is 13.2. The van der Waals surface area contributed by atoms with E-state index in [9.17, 15) is 0 Å². The molecule has 0 saturated heterocycles. The minimum absolute atomic E-state index is 0.0419. The molecule has 1 atom stereocenters. The van der Waals surface area contributed by atoms with E-state index in [1.54, 1.807) is 5.57 Å². The molecule has 0 saturated carbocycles. The van der Waals surface area contributed by atoms with E-state index in [0.29, 0.717) is 11.3 Å². The molecular formula is C33H42OSi. The highest BCUT2D eigenvalue weighted by Gasteiger charge is 2.52. The fourth-order valence-electron chi connectivity index (χ4n) is 6.12. The molecule has 35 heavy (non-hydrogen) atoms. The SMILES string of the molecule is CC1=CCCC(C)(C)[C@@H]1CCc1cccc(O[Si](c2ccccc2)(c2ccccc2)C(C)(C)C)c1. The molecule has 4 rings (SSSR count). The van der Waals surface area contributed by atoms with Gasteiger partial charge in [-0.05, 0) is 77.0 Å². The summed E-state index contributed by atoms with van der Waals surface area (Å²) in [6.45, 7) is 14.2. The fourth-order valence-corrected chi connectivity index (χ4v) is 10.5. The van der Waals surface area contributed by atoms with Crippen LogP contribution in [-0.2, 0) is 6.42 Å². The van der Waals surface area contributed by atoms with Crippen LogP contribution in [0.4, 0.5) is 0 Å². The van der Waals surface area contributed by atoms with Crippen molar-refractivity contribution in [1.29, 1.82) is 0 Å². The third-order valence-electron chi connectivity index (χ3n) is 8.06. The Balaban J connectivity index is 1.68. The number of benzene rings is 3. The van der Waals surface area contributed by atoms with Gasteiger partial charge in [0.2, 0.25) is 0 Å². The largest absolute Gasteiger partial charge is 0.534 e. The first-order chi connectivity index (χ1) is 16.6. The number of rotatable bonds is 7. The van der Waals surface area contributed by atoms with Crippen molar-refractivity contribution in [3.8, 4) is 5.75 Å². The van der Waals surface area contributed by atoms with Crippen LogP contribution in [0.25, 0.3) is 0 Å². The van der Waals surface area contributed by atoms with Crippen molar-refractivity contribution >= 4 is 18.7 Å². The van der Waals surface area contributed by atoms with Crippen molar-refractivity contribution in [2.75, 3.05) is 0 Å². The molecule has 0 unspecified atom stereocenters. The smallest absolute Gasteiger partial charge is 0.319 e. The highest BCUT2D eigenvalue weighted by Crippen LogP contribution is 2.43. The van der Waals surface area contributed by atoms with Crippen LogP contribution in [0.5, 0.6) is 5.75 Å². The molecule has 0 bridgehead atoms. The van der Waals surface area contributed by atoms with Crippen molar-refractivity contribution < 1.29 is 4.43 Å². The van der Waals surface area contributed by atoms with Gasteiger partial charge < -0.3 is 4.43 Å². The van der Waals surface area contributed by atoms with Gasteiger partial charge in [-0.25, -0.2) is 0 Å². The summed E-state index contributed by atoms with van der Waals surface area (Å²) >= 11 is 0. The lowest BCUT2D eigenvalue weighted by atomic mass is 9.67. The van der Waals surface area contributed by atoms with Gasteiger partial charge in [-0.2, -0.15) is 0 Å². The van der Waals surface area contributed by atoms with E-state index >= 15 is 0 Å². The summed E-state index contributed by atoms with van der Waals surface area (Å²) in [4.78, 5) is 0. The highest BCUT2D eigenvalue weighted by atomic mass is 28.4. The molecule has 2 heteroatoms. The van der Waals surface area contributed by atoms with Crippen LogP contribution in [0, 0.1) is 11.3 Å². The minimum Gasteiger partial charge on any atom is -0.534 e. The zero-order valence-electron chi connectivity index (χ0n) is 22.5. The molecule has 0 spiro atoms. The Hall–Kier alpha value is -2.58. The number of allylic oxidation sites excluding steroid dienone is 2. The average Bonchev–Trinajstić information content (AvgIpc) is 2.82. The lowest BCUT2D eigenvalue weighted by molar-refractivity contribution is 0.204. The van der Waals surface area contributed by atoms with Crippen molar-refractivity contribution in [2.45, 2.75) is 72.3 Å². The first-order valence-corrected chi connectivity index (χ1v) is 15.1. The third-order valence-corrected chi connectivity index (χ3v) is 13.0. The summed E-state index contributed by atoms with van der Waals surface area (Å²) < 4.78 is 7.26. The van der Waals surface area contributed by atoms with Crippen molar-refractivity contribution in [1.82, 2.24) is 0 Å². The Kier molecular flexibility index (Phi) is 7.42. The van der Waals surface area contributed by atoms with Gasteiger partial charge in [0.1, 0.15) is 5.75 Å². The van der Waals surface area contributed by atoms with Crippen LogP contribution in [0.1, 0.15) is 66.4 Å². The summed E-state index contributed by atoms with van der Waals surface area (Å²) in [5.41, 5.74) is 3.32. The second-order valence-corrected chi connectivity index (χ2v) is 16.2. The van der Waals surface area contributed by atoms with E-state index in [-0.39, 0.29) is 5.04 Å². The second-order valence-electron chi connectivity index (χ2n) is 12.0. The van der Waals surface area contributed by atoms with Gasteiger partial charge in [-0.3, -0.25) is 0 Å². The number of hydrogen-bond acceptors (Lipinski definition) is 1. The maximum Gasteiger partial charge on any atom is 0.319 e. The van der Waals surface area contributed by atoms with Crippen LogP contribution >= 0.6 is 0 Å². The van der Waals surface area contributed by atoms with E-state index in [1.807, 2.05) is 0 Å². The molecule has 0 amide bonds. The van der Waals surface area contributed by atoms with E-state index in [2.05, 4.69) is 133 Å². The summed E-state index contributed by atoms with van der Waals surface area (Å²) in [5.74, 6) is 1.64. The summed E-state index contributed by atoms with van der Waals surface area (Å²) in [5, 5.41) is 2.59. The molecule has 0 heterocycles. The van der Waals surface area contributed by atoms with Gasteiger partial charge in [0.25, 0.3) is 0 Å². The summed E-state index contributed by atoms with van der Waals surface area (Å²) in [6, 6.07) is 30.7. The van der Waals surface area contributed by atoms with Gasteiger partial charge in [-0.1, -0.05) is 119 Å². The molecule has 0 N–H and O–H groups in total. The minimum atomic E-state index is -2.61. The number of hydrogen-bond donors (Lipinski definition) is 0. The lowest BCUT2D eigenvalue weighted by Crippen LogP contribution is -2.68. The Morgan fingerprint density at radius 2 is 1.46 bits per heavy atom. The van der Waals surface area contributed by atoms with E-state index in [1.165, 1.54) is 35.2 Å². The summed E-state index contributed by atoms with van der Waals surface area (Å²) in [6.07, 6.45) is 7.23. The Labute approximate surface area is 214 Å². The van der Waals surface area contributed by atoms with Crippen LogP contribution < -0.4 is 14.8 Å². The van der Waals surface area contributed by atoms with Gasteiger partial charge in [-0.15, -0.1) is 0 Å². The molecule has 0 aliphatic heterocycles. The first kappa shape index (κ1) is 25.5. The number of aryl methyl sites for hydroxylation is 1. The molecule has 1 aliphatic rings. The normalized spacial score (nSPS) is 18.1. The van der Waals surface area contributed by atoms with E-state index in [0.717, 1.165) is 12.2 Å². The predicted molar refractivity (Wildman–Crippen MR) is 153 cm³/mol. The van der Waals surface area contributed by atoms with Gasteiger partial charge in [0.05, 0.1) is 0 Å². The van der Waals surface area contributed by atoms with Gasteiger partial charge in [0, 0.05) is 0 Å². The van der Waals surface area contributed by atoms with Crippen LogP contribution in [0.2, 0.25) is 5.04 Å². The molecule has 184 valence electrons. The van der Waals surface area contributed by atoms with Gasteiger partial charge in [0.15, 0.2) is 0 Å². The summed E-state index contributed by atoms with van der Waals surface area (Å²) in [7, 11) is -2.61. The topological polar surface area (TPSA) is 9.23 Å².